The van der Waals surface area contributed by atoms with E-state index < -0.39 is 17.8 Å². The molecule has 0 atom stereocenters. The number of hydrogen-bond donors (Lipinski definition) is 1. The van der Waals surface area contributed by atoms with Gasteiger partial charge >= 0.3 is 12.3 Å². The van der Waals surface area contributed by atoms with Gasteiger partial charge in [-0.05, 0) is 35.9 Å². The van der Waals surface area contributed by atoms with Gasteiger partial charge in [-0.15, -0.1) is 0 Å². The standard InChI is InChI=1S/C14H9ClF3NO2/c15-10-3-1-2-8(6-10)11-7-9(14(16,17)18)4-5-12(11)21-13(19)20/h1-7H,(H2,19,20). The number of hydrogen-bond acceptors (Lipinski definition) is 2. The quantitative estimate of drug-likeness (QED) is 0.888. The number of amides is 1. The van der Waals surface area contributed by atoms with E-state index in [1.165, 1.54) is 6.07 Å². The first-order chi connectivity index (χ1) is 9.77. The molecule has 21 heavy (non-hydrogen) atoms. The number of primary amides is 1. The molecule has 0 saturated heterocycles. The molecule has 0 fully saturated rings. The van der Waals surface area contributed by atoms with Crippen LogP contribution in [0.25, 0.3) is 11.1 Å². The maximum absolute atomic E-state index is 12.8. The van der Waals surface area contributed by atoms with Gasteiger partial charge in [-0.2, -0.15) is 13.2 Å². The molecule has 0 radical (unpaired) electrons. The summed E-state index contributed by atoms with van der Waals surface area (Å²) in [7, 11) is 0. The second-order valence-corrected chi connectivity index (χ2v) is 4.58. The Morgan fingerprint density at radius 1 is 1.14 bits per heavy atom. The fraction of sp³-hybridized carbons (Fsp3) is 0.0714. The Morgan fingerprint density at radius 3 is 2.43 bits per heavy atom. The Hall–Kier alpha value is -2.21. The largest absolute Gasteiger partial charge is 0.416 e. The zero-order valence-corrected chi connectivity index (χ0v) is 11.2. The van der Waals surface area contributed by atoms with Crippen LogP contribution >= 0.6 is 11.6 Å². The molecule has 1 amide bonds. The molecule has 2 aromatic rings. The van der Waals surface area contributed by atoms with Gasteiger partial charge < -0.3 is 10.5 Å². The Bertz CT molecular complexity index is 686. The highest BCUT2D eigenvalue weighted by Crippen LogP contribution is 2.37. The van der Waals surface area contributed by atoms with Crippen molar-refractivity contribution in [2.24, 2.45) is 5.73 Å². The summed E-state index contributed by atoms with van der Waals surface area (Å²) >= 11 is 5.83. The normalized spacial score (nSPS) is 11.2. The first-order valence-electron chi connectivity index (χ1n) is 5.72. The maximum atomic E-state index is 12.8. The Kier molecular flexibility index (Phi) is 4.09. The van der Waals surface area contributed by atoms with Crippen LogP contribution in [-0.4, -0.2) is 6.09 Å². The molecule has 2 aromatic carbocycles. The van der Waals surface area contributed by atoms with Crippen molar-refractivity contribution >= 4 is 17.7 Å². The van der Waals surface area contributed by atoms with Crippen LogP contribution in [0.2, 0.25) is 5.02 Å². The van der Waals surface area contributed by atoms with Gasteiger partial charge in [0.05, 0.1) is 5.56 Å². The number of rotatable bonds is 2. The van der Waals surface area contributed by atoms with Gasteiger partial charge in [-0.25, -0.2) is 4.79 Å². The van der Waals surface area contributed by atoms with Gasteiger partial charge in [0.25, 0.3) is 0 Å². The molecular weight excluding hydrogens is 307 g/mol. The third kappa shape index (κ3) is 3.66. The van der Waals surface area contributed by atoms with Gasteiger partial charge in [0.2, 0.25) is 0 Å². The molecule has 0 unspecified atom stereocenters. The molecule has 110 valence electrons. The lowest BCUT2D eigenvalue weighted by Gasteiger charge is -2.13. The summed E-state index contributed by atoms with van der Waals surface area (Å²) in [5, 5.41) is 0.343. The molecule has 0 aliphatic carbocycles. The van der Waals surface area contributed by atoms with Gasteiger partial charge in [0, 0.05) is 10.6 Å². The highest BCUT2D eigenvalue weighted by atomic mass is 35.5. The van der Waals surface area contributed by atoms with Crippen LogP contribution in [0.4, 0.5) is 18.0 Å². The van der Waals surface area contributed by atoms with Crippen molar-refractivity contribution in [3.05, 3.63) is 53.1 Å². The van der Waals surface area contributed by atoms with Gasteiger partial charge in [-0.1, -0.05) is 23.7 Å². The third-order valence-electron chi connectivity index (χ3n) is 2.65. The van der Waals surface area contributed by atoms with Crippen molar-refractivity contribution in [3.63, 3.8) is 0 Å². The molecule has 3 nitrogen and oxygen atoms in total. The number of halogens is 4. The van der Waals surface area contributed by atoms with Crippen molar-refractivity contribution in [2.75, 3.05) is 0 Å². The highest BCUT2D eigenvalue weighted by Gasteiger charge is 2.31. The van der Waals surface area contributed by atoms with Crippen LogP contribution < -0.4 is 10.5 Å². The monoisotopic (exact) mass is 315 g/mol. The minimum atomic E-state index is -4.52. The molecular formula is C14H9ClF3NO2. The Morgan fingerprint density at radius 2 is 1.86 bits per heavy atom. The maximum Gasteiger partial charge on any atom is 0.416 e. The summed E-state index contributed by atoms with van der Waals surface area (Å²) in [6, 6.07) is 8.90. The molecule has 0 saturated carbocycles. The van der Waals surface area contributed by atoms with Crippen LogP contribution in [0.1, 0.15) is 5.56 Å². The van der Waals surface area contributed by atoms with Gasteiger partial charge in [0.1, 0.15) is 5.75 Å². The second-order valence-electron chi connectivity index (χ2n) is 4.14. The summed E-state index contributed by atoms with van der Waals surface area (Å²) in [5.41, 5.74) is 4.50. The van der Waals surface area contributed by atoms with E-state index in [9.17, 15) is 18.0 Å². The second kappa shape index (κ2) is 5.65. The van der Waals surface area contributed by atoms with E-state index in [4.69, 9.17) is 22.1 Å². The molecule has 7 heteroatoms. The molecule has 2 rings (SSSR count). The average molecular weight is 316 g/mol. The molecule has 2 N–H and O–H groups in total. The zero-order valence-electron chi connectivity index (χ0n) is 10.4. The van der Waals surface area contributed by atoms with Crippen LogP contribution in [0, 0.1) is 0 Å². The smallest absolute Gasteiger partial charge is 0.410 e. The molecule has 0 bridgehead atoms. The number of carbonyl (C=O) groups is 1. The minimum absolute atomic E-state index is 0.0715. The molecule has 0 spiro atoms. The number of alkyl halides is 3. The van der Waals surface area contributed by atoms with E-state index in [1.807, 2.05) is 0 Å². The first kappa shape index (κ1) is 15.2. The van der Waals surface area contributed by atoms with Crippen molar-refractivity contribution in [1.82, 2.24) is 0 Å². The fourth-order valence-electron chi connectivity index (χ4n) is 1.79. The predicted octanol–water partition coefficient (Wildman–Crippen LogP) is 4.48. The van der Waals surface area contributed by atoms with E-state index >= 15 is 0 Å². The molecule has 0 heterocycles. The minimum Gasteiger partial charge on any atom is -0.410 e. The first-order valence-corrected chi connectivity index (χ1v) is 6.09. The topological polar surface area (TPSA) is 52.3 Å². The van der Waals surface area contributed by atoms with Gasteiger partial charge in [0.15, 0.2) is 0 Å². The number of ether oxygens (including phenoxy) is 1. The lowest BCUT2D eigenvalue weighted by molar-refractivity contribution is -0.137. The highest BCUT2D eigenvalue weighted by molar-refractivity contribution is 6.30. The number of benzene rings is 2. The lowest BCUT2D eigenvalue weighted by atomic mass is 10.0. The fourth-order valence-corrected chi connectivity index (χ4v) is 1.98. The summed E-state index contributed by atoms with van der Waals surface area (Å²) in [4.78, 5) is 10.9. The molecule has 0 aliphatic rings. The summed E-state index contributed by atoms with van der Waals surface area (Å²) in [6.45, 7) is 0. The van der Waals surface area contributed by atoms with Crippen molar-refractivity contribution in [3.8, 4) is 16.9 Å². The summed E-state index contributed by atoms with van der Waals surface area (Å²) in [6.07, 6.45) is -5.63. The van der Waals surface area contributed by atoms with Crippen LogP contribution in [0.5, 0.6) is 5.75 Å². The van der Waals surface area contributed by atoms with E-state index in [0.717, 1.165) is 18.2 Å². The predicted molar refractivity (Wildman–Crippen MR) is 72.1 cm³/mol. The van der Waals surface area contributed by atoms with E-state index in [-0.39, 0.29) is 11.3 Å². The van der Waals surface area contributed by atoms with Crippen LogP contribution in [0.3, 0.4) is 0 Å². The van der Waals surface area contributed by atoms with E-state index in [2.05, 4.69) is 0 Å². The Labute approximate surface area is 123 Å². The number of carbonyl (C=O) groups excluding carboxylic acids is 1. The van der Waals surface area contributed by atoms with Crippen LogP contribution in [0.15, 0.2) is 42.5 Å². The summed E-state index contributed by atoms with van der Waals surface area (Å²) in [5.74, 6) is -0.0715. The van der Waals surface area contributed by atoms with E-state index in [1.54, 1.807) is 18.2 Å². The number of nitrogens with two attached hydrogens (primary N) is 1. The van der Waals surface area contributed by atoms with Crippen molar-refractivity contribution in [2.45, 2.75) is 6.18 Å². The molecule has 0 aromatic heterocycles. The van der Waals surface area contributed by atoms with Crippen molar-refractivity contribution in [1.29, 1.82) is 0 Å². The van der Waals surface area contributed by atoms with Crippen molar-refractivity contribution < 1.29 is 22.7 Å². The SMILES string of the molecule is NC(=O)Oc1ccc(C(F)(F)F)cc1-c1cccc(Cl)c1. The van der Waals surface area contributed by atoms with Gasteiger partial charge in [-0.3, -0.25) is 0 Å². The third-order valence-corrected chi connectivity index (χ3v) is 2.89. The van der Waals surface area contributed by atoms with Crippen LogP contribution in [-0.2, 0) is 6.18 Å². The summed E-state index contributed by atoms with van der Waals surface area (Å²) < 4.78 is 43.1. The zero-order chi connectivity index (χ0) is 15.6. The average Bonchev–Trinajstić information content (AvgIpc) is 2.37. The lowest BCUT2D eigenvalue weighted by Crippen LogP contribution is -2.17. The van der Waals surface area contributed by atoms with E-state index in [0.29, 0.717) is 10.6 Å². The Balaban J connectivity index is 2.60. The molecule has 0 aliphatic heterocycles.